The zero-order valence-electron chi connectivity index (χ0n) is 8.90. The maximum Gasteiger partial charge on any atom is 0.0166 e. The summed E-state index contributed by atoms with van der Waals surface area (Å²) in [5.74, 6) is 0.649. The van der Waals surface area contributed by atoms with E-state index in [2.05, 4.69) is 55.3 Å². The minimum atomic E-state index is 0.649. The van der Waals surface area contributed by atoms with Gasteiger partial charge >= 0.3 is 0 Å². The molecule has 0 N–H and O–H groups in total. The van der Waals surface area contributed by atoms with Crippen molar-refractivity contribution >= 4 is 5.57 Å². The Balaban J connectivity index is 2.27. The molecular weight excluding hydrogens is 170 g/mol. The highest BCUT2D eigenvalue weighted by Crippen LogP contribution is 2.26. The highest BCUT2D eigenvalue weighted by molar-refractivity contribution is 5.68. The first kappa shape index (κ1) is 9.47. The van der Waals surface area contributed by atoms with Gasteiger partial charge in [0, 0.05) is 13.1 Å². The summed E-state index contributed by atoms with van der Waals surface area (Å²) in [6.07, 6.45) is 2.35. The Morgan fingerprint density at radius 1 is 1.21 bits per heavy atom. The van der Waals surface area contributed by atoms with Gasteiger partial charge in [-0.3, -0.25) is 0 Å². The monoisotopic (exact) mass is 187 g/mol. The molecule has 1 aliphatic rings. The van der Waals surface area contributed by atoms with Crippen LogP contribution in [0.1, 0.15) is 12.5 Å². The first-order valence-electron chi connectivity index (χ1n) is 5.21. The van der Waals surface area contributed by atoms with Crippen molar-refractivity contribution in [2.24, 2.45) is 5.92 Å². The van der Waals surface area contributed by atoms with E-state index in [1.807, 2.05) is 0 Å². The molecular formula is C13H17N. The topological polar surface area (TPSA) is 3.24 Å². The van der Waals surface area contributed by atoms with Crippen LogP contribution in [0.2, 0.25) is 0 Å². The molecule has 1 aromatic rings. The molecule has 0 aliphatic carbocycles. The molecule has 0 radical (unpaired) electrons. The van der Waals surface area contributed by atoms with Crippen LogP contribution in [-0.4, -0.2) is 25.0 Å². The third-order valence-corrected chi connectivity index (χ3v) is 2.85. The predicted molar refractivity (Wildman–Crippen MR) is 61.1 cm³/mol. The zero-order chi connectivity index (χ0) is 9.97. The van der Waals surface area contributed by atoms with Gasteiger partial charge in [-0.1, -0.05) is 43.3 Å². The fourth-order valence-corrected chi connectivity index (χ4v) is 2.13. The molecule has 1 heteroatoms. The number of rotatable bonds is 1. The van der Waals surface area contributed by atoms with Crippen molar-refractivity contribution in [1.29, 1.82) is 0 Å². The molecule has 1 atom stereocenters. The Hall–Kier alpha value is -1.08. The summed E-state index contributed by atoms with van der Waals surface area (Å²) in [6, 6.07) is 10.7. The van der Waals surface area contributed by atoms with Gasteiger partial charge in [0.1, 0.15) is 0 Å². The van der Waals surface area contributed by atoms with E-state index in [1.54, 1.807) is 0 Å². The van der Waals surface area contributed by atoms with Crippen molar-refractivity contribution < 1.29 is 0 Å². The van der Waals surface area contributed by atoms with Crippen LogP contribution in [0.3, 0.4) is 0 Å². The number of nitrogens with zero attached hydrogens (tertiary/aromatic N) is 1. The summed E-state index contributed by atoms with van der Waals surface area (Å²) >= 11 is 0. The molecule has 2 rings (SSSR count). The third kappa shape index (κ3) is 1.88. The van der Waals surface area contributed by atoms with Gasteiger partial charge in [0.2, 0.25) is 0 Å². The Morgan fingerprint density at radius 3 is 2.57 bits per heavy atom. The van der Waals surface area contributed by atoms with Crippen molar-refractivity contribution in [2.75, 3.05) is 20.1 Å². The largest absolute Gasteiger partial charge is 0.302 e. The van der Waals surface area contributed by atoms with E-state index >= 15 is 0 Å². The number of benzene rings is 1. The maximum absolute atomic E-state index is 2.36. The molecule has 0 amide bonds. The number of hydrogen-bond donors (Lipinski definition) is 0. The van der Waals surface area contributed by atoms with E-state index in [1.165, 1.54) is 17.7 Å². The van der Waals surface area contributed by atoms with E-state index in [9.17, 15) is 0 Å². The van der Waals surface area contributed by atoms with Crippen molar-refractivity contribution in [2.45, 2.75) is 6.92 Å². The van der Waals surface area contributed by atoms with Gasteiger partial charge in [-0.05, 0) is 24.1 Å². The van der Waals surface area contributed by atoms with Gasteiger partial charge in [-0.25, -0.2) is 0 Å². The van der Waals surface area contributed by atoms with E-state index < -0.39 is 0 Å². The lowest BCUT2D eigenvalue weighted by Gasteiger charge is -2.28. The van der Waals surface area contributed by atoms with Crippen LogP contribution in [0, 0.1) is 5.92 Å². The van der Waals surface area contributed by atoms with Crippen LogP contribution in [-0.2, 0) is 0 Å². The van der Waals surface area contributed by atoms with E-state index in [4.69, 9.17) is 0 Å². The summed E-state index contributed by atoms with van der Waals surface area (Å²) in [5.41, 5.74) is 2.89. The van der Waals surface area contributed by atoms with Crippen molar-refractivity contribution in [3.05, 3.63) is 42.0 Å². The van der Waals surface area contributed by atoms with E-state index in [0.29, 0.717) is 5.92 Å². The van der Waals surface area contributed by atoms with Gasteiger partial charge in [0.25, 0.3) is 0 Å². The van der Waals surface area contributed by atoms with Crippen LogP contribution in [0.4, 0.5) is 0 Å². The van der Waals surface area contributed by atoms with Crippen LogP contribution < -0.4 is 0 Å². The Bertz CT molecular complexity index is 326. The molecule has 14 heavy (non-hydrogen) atoms. The summed E-state index contributed by atoms with van der Waals surface area (Å²) in [7, 11) is 2.18. The van der Waals surface area contributed by atoms with Crippen LogP contribution in [0.15, 0.2) is 36.4 Å². The van der Waals surface area contributed by atoms with E-state index in [0.717, 1.165) is 6.54 Å². The van der Waals surface area contributed by atoms with Crippen LogP contribution >= 0.6 is 0 Å². The first-order chi connectivity index (χ1) is 6.77. The molecule has 0 aromatic heterocycles. The van der Waals surface area contributed by atoms with Gasteiger partial charge in [-0.15, -0.1) is 0 Å². The minimum absolute atomic E-state index is 0.649. The van der Waals surface area contributed by atoms with Gasteiger partial charge < -0.3 is 4.90 Å². The second-order valence-corrected chi connectivity index (χ2v) is 4.15. The molecule has 0 spiro atoms. The lowest BCUT2D eigenvalue weighted by Crippen LogP contribution is -2.29. The van der Waals surface area contributed by atoms with E-state index in [-0.39, 0.29) is 0 Å². The molecule has 0 bridgehead atoms. The second-order valence-electron chi connectivity index (χ2n) is 4.15. The number of likely N-dealkylation sites (N-methyl/N-ethyl adjacent to an activating group) is 1. The van der Waals surface area contributed by atoms with Gasteiger partial charge in [0.05, 0.1) is 0 Å². The third-order valence-electron chi connectivity index (χ3n) is 2.85. The molecule has 1 heterocycles. The molecule has 74 valence electrons. The average Bonchev–Trinajstić information content (AvgIpc) is 2.19. The molecule has 1 aliphatic heterocycles. The predicted octanol–water partition coefficient (Wildman–Crippen LogP) is 2.65. The smallest absolute Gasteiger partial charge is 0.0166 e. The maximum atomic E-state index is 2.36. The Kier molecular flexibility index (Phi) is 2.69. The Morgan fingerprint density at radius 2 is 1.93 bits per heavy atom. The molecule has 0 saturated carbocycles. The lowest BCUT2D eigenvalue weighted by molar-refractivity contribution is 0.329. The zero-order valence-corrected chi connectivity index (χ0v) is 8.90. The van der Waals surface area contributed by atoms with Crippen LogP contribution in [0.5, 0.6) is 0 Å². The second kappa shape index (κ2) is 3.97. The quantitative estimate of drug-likeness (QED) is 0.653. The van der Waals surface area contributed by atoms with Crippen LogP contribution in [0.25, 0.3) is 5.57 Å². The summed E-state index contributed by atoms with van der Waals surface area (Å²) in [6.45, 7) is 4.55. The summed E-state index contributed by atoms with van der Waals surface area (Å²) in [4.78, 5) is 2.36. The SMILES string of the molecule is C[C@@H]1CN(C)CC=C1c1ccccc1. The fourth-order valence-electron chi connectivity index (χ4n) is 2.13. The van der Waals surface area contributed by atoms with Crippen molar-refractivity contribution in [1.82, 2.24) is 4.90 Å². The molecule has 1 aromatic carbocycles. The number of hydrogen-bond acceptors (Lipinski definition) is 1. The highest BCUT2D eigenvalue weighted by atomic mass is 15.1. The average molecular weight is 187 g/mol. The normalized spacial score (nSPS) is 23.3. The fraction of sp³-hybridized carbons (Fsp3) is 0.385. The summed E-state index contributed by atoms with van der Waals surface area (Å²) < 4.78 is 0. The molecule has 1 nitrogen and oxygen atoms in total. The lowest BCUT2D eigenvalue weighted by atomic mass is 9.91. The standard InChI is InChI=1S/C13H17N/c1-11-10-14(2)9-8-13(11)12-6-4-3-5-7-12/h3-8,11H,9-10H2,1-2H3/t11-/m1/s1. The summed E-state index contributed by atoms with van der Waals surface area (Å²) in [5, 5.41) is 0. The van der Waals surface area contributed by atoms with Gasteiger partial charge in [-0.2, -0.15) is 0 Å². The molecule has 0 fully saturated rings. The first-order valence-corrected chi connectivity index (χ1v) is 5.21. The Labute approximate surface area is 86.1 Å². The van der Waals surface area contributed by atoms with Gasteiger partial charge in [0.15, 0.2) is 0 Å². The molecule has 0 saturated heterocycles. The minimum Gasteiger partial charge on any atom is -0.302 e. The van der Waals surface area contributed by atoms with Crippen molar-refractivity contribution in [3.63, 3.8) is 0 Å². The molecule has 0 unspecified atom stereocenters. The highest BCUT2D eigenvalue weighted by Gasteiger charge is 2.16. The van der Waals surface area contributed by atoms with Crippen molar-refractivity contribution in [3.8, 4) is 0 Å².